The summed E-state index contributed by atoms with van der Waals surface area (Å²) in [6.45, 7) is 5.24. The van der Waals surface area contributed by atoms with E-state index in [2.05, 4.69) is 20.8 Å². The molecule has 2 aromatic carbocycles. The molecule has 2 N–H and O–H groups in total. The third-order valence-electron chi connectivity index (χ3n) is 5.53. The van der Waals surface area contributed by atoms with Crippen molar-refractivity contribution in [1.29, 1.82) is 0 Å². The van der Waals surface area contributed by atoms with Gasteiger partial charge in [0.05, 0.1) is 12.2 Å². The van der Waals surface area contributed by atoms with Gasteiger partial charge in [0.15, 0.2) is 0 Å². The molecule has 1 fully saturated rings. The van der Waals surface area contributed by atoms with Crippen molar-refractivity contribution in [2.24, 2.45) is 0 Å². The number of rotatable bonds is 7. The number of benzene rings is 2. The van der Waals surface area contributed by atoms with Gasteiger partial charge in [-0.3, -0.25) is 9.69 Å². The lowest BCUT2D eigenvalue weighted by Crippen LogP contribution is -2.42. The number of tetrazole rings is 1. The minimum absolute atomic E-state index is 0.0474. The van der Waals surface area contributed by atoms with E-state index in [0.29, 0.717) is 17.0 Å². The molecule has 0 aliphatic carbocycles. The Balaban J connectivity index is 1.47. The molecule has 166 valence electrons. The molecule has 1 aliphatic heterocycles. The second-order valence-corrected chi connectivity index (χ2v) is 7.96. The summed E-state index contributed by atoms with van der Waals surface area (Å²) in [7, 11) is 0. The van der Waals surface area contributed by atoms with Gasteiger partial charge >= 0.3 is 6.03 Å². The van der Waals surface area contributed by atoms with Crippen LogP contribution in [0.2, 0.25) is 0 Å². The number of aliphatic hydroxyl groups is 1. The molecule has 32 heavy (non-hydrogen) atoms. The minimum atomic E-state index is -1.28. The van der Waals surface area contributed by atoms with Gasteiger partial charge < -0.3 is 15.2 Å². The Bertz CT molecular complexity index is 1130. The number of β-amino-alcohol motifs (C(OH)–C–C–N with tert-alkyl or cyclic N) is 1. The number of aromatic nitrogens is 4. The topological polar surface area (TPSA) is 122 Å². The Labute approximate surface area is 184 Å². The van der Waals surface area contributed by atoms with E-state index in [9.17, 15) is 14.7 Å². The smallest absolute Gasteiger partial charge is 0.325 e. The molecule has 2 heterocycles. The summed E-state index contributed by atoms with van der Waals surface area (Å²) in [5.74, 6) is 0.232. The van der Waals surface area contributed by atoms with Gasteiger partial charge in [0, 0.05) is 0 Å². The average Bonchev–Trinajstić information content (AvgIpc) is 3.38. The number of nitrogens with zero attached hydrogens (tertiary/aromatic N) is 5. The van der Waals surface area contributed by atoms with Crippen LogP contribution in [0.5, 0.6) is 5.75 Å². The van der Waals surface area contributed by atoms with Crippen molar-refractivity contribution in [3.8, 4) is 11.4 Å². The van der Waals surface area contributed by atoms with Crippen LogP contribution in [-0.2, 0) is 10.3 Å². The molecule has 0 radical (unpaired) electrons. The van der Waals surface area contributed by atoms with E-state index in [0.717, 1.165) is 16.0 Å². The van der Waals surface area contributed by atoms with Gasteiger partial charge in [0.2, 0.25) is 0 Å². The molecule has 1 aliphatic rings. The number of carbonyl (C=O) groups excluding carboxylic acids is 2. The SMILES string of the molecule is Cc1cccc(C)c1OC[C@H](O)CN1C(=O)N[C@](C)(c2cccc(-n3cnnn3)c2)C1=O. The largest absolute Gasteiger partial charge is 0.490 e. The molecular weight excluding hydrogens is 412 g/mol. The maximum absolute atomic E-state index is 13.2. The Morgan fingerprint density at radius 1 is 1.16 bits per heavy atom. The number of ether oxygens (including phenoxy) is 1. The molecule has 0 saturated carbocycles. The summed E-state index contributed by atoms with van der Waals surface area (Å²) in [6, 6.07) is 12.2. The van der Waals surface area contributed by atoms with Crippen molar-refractivity contribution in [3.63, 3.8) is 0 Å². The first-order chi connectivity index (χ1) is 15.3. The first-order valence-electron chi connectivity index (χ1n) is 10.1. The van der Waals surface area contributed by atoms with Crippen LogP contribution in [0.1, 0.15) is 23.6 Å². The van der Waals surface area contributed by atoms with Crippen LogP contribution in [0.25, 0.3) is 5.69 Å². The predicted molar refractivity (Wildman–Crippen MR) is 114 cm³/mol. The summed E-state index contributed by atoms with van der Waals surface area (Å²) < 4.78 is 7.22. The maximum atomic E-state index is 13.2. The lowest BCUT2D eigenvalue weighted by Gasteiger charge is -2.23. The van der Waals surface area contributed by atoms with E-state index in [4.69, 9.17) is 4.74 Å². The van der Waals surface area contributed by atoms with Gasteiger partial charge in [-0.15, -0.1) is 5.10 Å². The number of hydrogen-bond acceptors (Lipinski definition) is 7. The lowest BCUT2D eigenvalue weighted by molar-refractivity contribution is -0.132. The van der Waals surface area contributed by atoms with Crippen molar-refractivity contribution >= 4 is 11.9 Å². The standard InChI is InChI=1S/C22H24N6O4/c1-14-6-4-7-15(2)19(14)32-12-18(29)11-27-20(30)22(3,24-21(27)31)16-8-5-9-17(10-16)28-13-23-25-26-28/h4-10,13,18,29H,11-12H2,1-3H3,(H,24,31)/t18-,22-/m1/s1. The number of para-hydroxylation sites is 1. The first kappa shape index (κ1) is 21.4. The summed E-state index contributed by atoms with van der Waals surface area (Å²) >= 11 is 0. The van der Waals surface area contributed by atoms with Crippen molar-refractivity contribution in [1.82, 2.24) is 30.4 Å². The molecule has 0 bridgehead atoms. The number of amides is 3. The van der Waals surface area contributed by atoms with Crippen LogP contribution < -0.4 is 10.1 Å². The van der Waals surface area contributed by atoms with Gasteiger partial charge in [-0.05, 0) is 60.0 Å². The Kier molecular flexibility index (Phi) is 5.62. The predicted octanol–water partition coefficient (Wildman–Crippen LogP) is 1.49. The lowest BCUT2D eigenvalue weighted by atomic mass is 9.91. The third-order valence-corrected chi connectivity index (χ3v) is 5.53. The number of imide groups is 1. The first-order valence-corrected chi connectivity index (χ1v) is 10.1. The van der Waals surface area contributed by atoms with Crippen LogP contribution >= 0.6 is 0 Å². The van der Waals surface area contributed by atoms with Gasteiger partial charge in [-0.25, -0.2) is 9.48 Å². The zero-order valence-corrected chi connectivity index (χ0v) is 18.0. The highest BCUT2D eigenvalue weighted by atomic mass is 16.5. The van der Waals surface area contributed by atoms with E-state index >= 15 is 0 Å². The molecule has 1 saturated heterocycles. The zero-order valence-electron chi connectivity index (χ0n) is 18.0. The number of hydrogen-bond donors (Lipinski definition) is 2. The fourth-order valence-corrected chi connectivity index (χ4v) is 3.77. The Morgan fingerprint density at radius 2 is 1.88 bits per heavy atom. The van der Waals surface area contributed by atoms with Crippen LogP contribution in [0, 0.1) is 13.8 Å². The summed E-state index contributed by atoms with van der Waals surface area (Å²) in [4.78, 5) is 26.8. The highest BCUT2D eigenvalue weighted by Crippen LogP contribution is 2.30. The highest BCUT2D eigenvalue weighted by Gasteiger charge is 2.49. The van der Waals surface area contributed by atoms with Crippen molar-refractivity contribution in [2.75, 3.05) is 13.2 Å². The van der Waals surface area contributed by atoms with Gasteiger partial charge in [0.1, 0.15) is 30.3 Å². The molecule has 0 spiro atoms. The molecule has 10 heteroatoms. The Morgan fingerprint density at radius 3 is 2.56 bits per heavy atom. The molecule has 1 aromatic heterocycles. The van der Waals surface area contributed by atoms with Crippen LogP contribution in [0.15, 0.2) is 48.8 Å². The van der Waals surface area contributed by atoms with E-state index in [1.54, 1.807) is 31.2 Å². The molecule has 3 aromatic rings. The second-order valence-electron chi connectivity index (χ2n) is 7.96. The minimum Gasteiger partial charge on any atom is -0.490 e. The van der Waals surface area contributed by atoms with Crippen molar-refractivity contribution in [3.05, 3.63) is 65.5 Å². The third kappa shape index (κ3) is 3.92. The maximum Gasteiger partial charge on any atom is 0.325 e. The van der Waals surface area contributed by atoms with Gasteiger partial charge in [-0.1, -0.05) is 30.3 Å². The van der Waals surface area contributed by atoms with E-state index in [1.165, 1.54) is 11.0 Å². The fourth-order valence-electron chi connectivity index (χ4n) is 3.77. The second kappa shape index (κ2) is 8.39. The zero-order chi connectivity index (χ0) is 22.9. The summed E-state index contributed by atoms with van der Waals surface area (Å²) in [5, 5.41) is 24.3. The highest BCUT2D eigenvalue weighted by molar-refractivity contribution is 6.07. The van der Waals surface area contributed by atoms with E-state index in [1.807, 2.05) is 32.0 Å². The number of nitrogens with one attached hydrogen (secondary N) is 1. The summed E-state index contributed by atoms with van der Waals surface area (Å²) in [6.07, 6.45) is 0.397. The molecule has 0 unspecified atom stereocenters. The normalized spacial score (nSPS) is 19.2. The fraction of sp³-hybridized carbons (Fsp3) is 0.318. The van der Waals surface area contributed by atoms with E-state index in [-0.39, 0.29) is 13.2 Å². The quantitative estimate of drug-likeness (QED) is 0.538. The van der Waals surface area contributed by atoms with Crippen LogP contribution in [-0.4, -0.2) is 61.4 Å². The number of carbonyl (C=O) groups is 2. The number of urea groups is 1. The number of aliphatic hydroxyl groups excluding tert-OH is 1. The van der Waals surface area contributed by atoms with Crippen LogP contribution in [0.3, 0.4) is 0 Å². The number of aryl methyl sites for hydroxylation is 2. The van der Waals surface area contributed by atoms with E-state index < -0.39 is 23.6 Å². The van der Waals surface area contributed by atoms with Gasteiger partial charge in [-0.2, -0.15) is 0 Å². The average molecular weight is 436 g/mol. The van der Waals surface area contributed by atoms with Crippen molar-refractivity contribution in [2.45, 2.75) is 32.4 Å². The Hall–Kier alpha value is -3.79. The summed E-state index contributed by atoms with van der Waals surface area (Å²) in [5.41, 5.74) is 1.84. The molecule has 2 atom stereocenters. The van der Waals surface area contributed by atoms with Gasteiger partial charge in [0.25, 0.3) is 5.91 Å². The van der Waals surface area contributed by atoms with Crippen LogP contribution in [0.4, 0.5) is 4.79 Å². The molecule has 3 amide bonds. The molecular formula is C22H24N6O4. The molecule has 4 rings (SSSR count). The molecule has 10 nitrogen and oxygen atoms in total. The van der Waals surface area contributed by atoms with Crippen molar-refractivity contribution < 1.29 is 19.4 Å². The monoisotopic (exact) mass is 436 g/mol.